The van der Waals surface area contributed by atoms with Crippen LogP contribution in [0, 0.1) is 29.6 Å². The van der Waals surface area contributed by atoms with Crippen LogP contribution in [0.1, 0.15) is 70.4 Å². The highest BCUT2D eigenvalue weighted by atomic mass is 16.5. The van der Waals surface area contributed by atoms with Crippen molar-refractivity contribution >= 4 is 5.97 Å². The average Bonchev–Trinajstić information content (AvgIpc) is 3.16. The Balaban J connectivity index is 2.81. The standard InChI is InChI=1S/C23H34O4/c1-6-7-8-13-23(16-24,14-9-11-20(18(2)3)19(4)5)17-27-22(25)21-12-10-15-26-21/h1,10-12,15,18-19,24H,7-9,13-14,16-17H2,2-5H3/t23-/m1/s1. The Hall–Kier alpha value is -1.99. The lowest BCUT2D eigenvalue weighted by atomic mass is 9.79. The van der Waals surface area contributed by atoms with Crippen LogP contribution in [0.25, 0.3) is 0 Å². The molecule has 1 heterocycles. The van der Waals surface area contributed by atoms with Crippen LogP contribution in [-0.2, 0) is 4.74 Å². The number of carbonyl (C=O) groups is 1. The van der Waals surface area contributed by atoms with Crippen LogP contribution >= 0.6 is 0 Å². The first-order valence-corrected chi connectivity index (χ1v) is 9.80. The first-order valence-electron chi connectivity index (χ1n) is 9.80. The summed E-state index contributed by atoms with van der Waals surface area (Å²) in [4.78, 5) is 12.1. The largest absolute Gasteiger partial charge is 0.459 e. The number of aliphatic hydroxyl groups excluding tert-OH is 1. The monoisotopic (exact) mass is 374 g/mol. The number of hydrogen-bond donors (Lipinski definition) is 1. The molecular formula is C23H34O4. The van der Waals surface area contributed by atoms with Crippen LogP contribution < -0.4 is 0 Å². The van der Waals surface area contributed by atoms with Crippen molar-refractivity contribution in [1.82, 2.24) is 0 Å². The predicted molar refractivity (Wildman–Crippen MR) is 108 cm³/mol. The number of hydrogen-bond acceptors (Lipinski definition) is 4. The molecule has 1 aromatic heterocycles. The van der Waals surface area contributed by atoms with Crippen LogP contribution in [0.5, 0.6) is 0 Å². The van der Waals surface area contributed by atoms with Crippen molar-refractivity contribution in [1.29, 1.82) is 0 Å². The number of aliphatic hydroxyl groups is 1. The van der Waals surface area contributed by atoms with E-state index in [9.17, 15) is 9.90 Å². The van der Waals surface area contributed by atoms with Crippen LogP contribution in [-0.4, -0.2) is 24.3 Å². The van der Waals surface area contributed by atoms with Gasteiger partial charge in [0.15, 0.2) is 0 Å². The van der Waals surface area contributed by atoms with E-state index >= 15 is 0 Å². The second-order valence-corrected chi connectivity index (χ2v) is 7.82. The third-order valence-electron chi connectivity index (χ3n) is 4.98. The van der Waals surface area contributed by atoms with Gasteiger partial charge in [0.2, 0.25) is 5.76 Å². The van der Waals surface area contributed by atoms with Crippen molar-refractivity contribution in [3.05, 3.63) is 35.8 Å². The maximum atomic E-state index is 12.1. The molecule has 1 aromatic rings. The lowest BCUT2D eigenvalue weighted by Gasteiger charge is -2.31. The molecule has 150 valence electrons. The summed E-state index contributed by atoms with van der Waals surface area (Å²) < 4.78 is 10.5. The smallest absolute Gasteiger partial charge is 0.374 e. The van der Waals surface area contributed by atoms with E-state index in [1.807, 2.05) is 0 Å². The van der Waals surface area contributed by atoms with Gasteiger partial charge < -0.3 is 14.3 Å². The van der Waals surface area contributed by atoms with Gasteiger partial charge in [0, 0.05) is 11.8 Å². The number of unbranched alkanes of at least 4 members (excludes halogenated alkanes) is 1. The van der Waals surface area contributed by atoms with Gasteiger partial charge in [0.05, 0.1) is 19.5 Å². The highest BCUT2D eigenvalue weighted by molar-refractivity contribution is 5.86. The second kappa shape index (κ2) is 11.7. The Labute approximate surface area is 164 Å². The molecule has 0 saturated heterocycles. The van der Waals surface area contributed by atoms with Gasteiger partial charge in [0.25, 0.3) is 0 Å². The van der Waals surface area contributed by atoms with Gasteiger partial charge in [-0.2, -0.15) is 0 Å². The van der Waals surface area contributed by atoms with Gasteiger partial charge in [-0.15, -0.1) is 12.3 Å². The van der Waals surface area contributed by atoms with E-state index in [4.69, 9.17) is 15.6 Å². The van der Waals surface area contributed by atoms with Gasteiger partial charge in [-0.25, -0.2) is 4.79 Å². The Morgan fingerprint density at radius 1 is 1.33 bits per heavy atom. The first kappa shape index (κ1) is 23.0. The predicted octanol–water partition coefficient (Wildman–Crippen LogP) is 5.24. The molecule has 0 saturated carbocycles. The van der Waals surface area contributed by atoms with Crippen molar-refractivity contribution in [3.63, 3.8) is 0 Å². The van der Waals surface area contributed by atoms with Gasteiger partial charge in [-0.05, 0) is 49.7 Å². The van der Waals surface area contributed by atoms with Crippen molar-refractivity contribution in [2.75, 3.05) is 13.2 Å². The zero-order valence-corrected chi connectivity index (χ0v) is 17.2. The van der Waals surface area contributed by atoms with Gasteiger partial charge in [0.1, 0.15) is 0 Å². The molecule has 0 aliphatic rings. The first-order chi connectivity index (χ1) is 12.8. The summed E-state index contributed by atoms with van der Waals surface area (Å²) in [6.07, 6.45) is 12.8. The quantitative estimate of drug-likeness (QED) is 0.235. The number of allylic oxidation sites excluding steroid dienone is 2. The molecule has 27 heavy (non-hydrogen) atoms. The number of furan rings is 1. The summed E-state index contributed by atoms with van der Waals surface area (Å²) in [7, 11) is 0. The Morgan fingerprint density at radius 2 is 2.04 bits per heavy atom. The van der Waals surface area contributed by atoms with Crippen molar-refractivity contribution in [2.45, 2.75) is 59.8 Å². The molecule has 4 heteroatoms. The van der Waals surface area contributed by atoms with Crippen LogP contribution in [0.4, 0.5) is 0 Å². The summed E-state index contributed by atoms with van der Waals surface area (Å²) in [5.74, 6) is 3.29. The molecule has 0 unspecified atom stereocenters. The summed E-state index contributed by atoms with van der Waals surface area (Å²) in [6.45, 7) is 8.90. The summed E-state index contributed by atoms with van der Waals surface area (Å²) in [6, 6.07) is 3.22. The molecule has 1 N–H and O–H groups in total. The van der Waals surface area contributed by atoms with E-state index in [1.165, 1.54) is 11.8 Å². The second-order valence-electron chi connectivity index (χ2n) is 7.82. The van der Waals surface area contributed by atoms with Gasteiger partial charge in [-0.1, -0.05) is 39.3 Å². The summed E-state index contributed by atoms with van der Waals surface area (Å²) in [5, 5.41) is 10.1. The van der Waals surface area contributed by atoms with E-state index < -0.39 is 11.4 Å². The van der Waals surface area contributed by atoms with E-state index in [1.54, 1.807) is 12.1 Å². The van der Waals surface area contributed by atoms with Crippen LogP contribution in [0.15, 0.2) is 34.5 Å². The Kier molecular flexibility index (Phi) is 9.96. The van der Waals surface area contributed by atoms with Crippen molar-refractivity contribution in [3.8, 4) is 12.3 Å². The highest BCUT2D eigenvalue weighted by Gasteiger charge is 2.31. The molecule has 0 aliphatic heterocycles. The average molecular weight is 375 g/mol. The minimum atomic E-state index is -0.504. The van der Waals surface area contributed by atoms with Crippen molar-refractivity contribution < 1.29 is 19.1 Å². The van der Waals surface area contributed by atoms with E-state index in [-0.39, 0.29) is 19.0 Å². The van der Waals surface area contributed by atoms with E-state index in [0.29, 0.717) is 24.7 Å². The molecule has 0 aromatic carbocycles. The number of rotatable bonds is 12. The number of carbonyl (C=O) groups excluding carboxylic acids is 1. The lowest BCUT2D eigenvalue weighted by molar-refractivity contribution is 0.0000881. The Bertz CT molecular complexity index is 609. The summed E-state index contributed by atoms with van der Waals surface area (Å²) in [5.41, 5.74) is 0.923. The molecular weight excluding hydrogens is 340 g/mol. The Morgan fingerprint density at radius 3 is 2.56 bits per heavy atom. The molecule has 0 amide bonds. The zero-order chi connectivity index (χ0) is 20.3. The number of terminal acetylenes is 1. The van der Waals surface area contributed by atoms with Gasteiger partial charge in [-0.3, -0.25) is 0 Å². The normalized spacial score (nSPS) is 13.3. The van der Waals surface area contributed by atoms with E-state index in [2.05, 4.69) is 39.7 Å². The van der Waals surface area contributed by atoms with Gasteiger partial charge >= 0.3 is 5.97 Å². The fourth-order valence-corrected chi connectivity index (χ4v) is 3.41. The molecule has 0 radical (unpaired) electrons. The molecule has 0 aliphatic carbocycles. The molecule has 4 nitrogen and oxygen atoms in total. The fourth-order valence-electron chi connectivity index (χ4n) is 3.41. The third-order valence-corrected chi connectivity index (χ3v) is 4.98. The molecule has 1 atom stereocenters. The molecule has 1 rings (SSSR count). The topological polar surface area (TPSA) is 59.7 Å². The summed E-state index contributed by atoms with van der Waals surface area (Å²) >= 11 is 0. The fraction of sp³-hybridized carbons (Fsp3) is 0.609. The van der Waals surface area contributed by atoms with Crippen molar-refractivity contribution in [2.24, 2.45) is 17.3 Å². The minimum absolute atomic E-state index is 0.0461. The third kappa shape index (κ3) is 7.64. The minimum Gasteiger partial charge on any atom is -0.459 e. The zero-order valence-electron chi connectivity index (χ0n) is 17.2. The maximum absolute atomic E-state index is 12.1. The molecule has 0 fully saturated rings. The SMILES string of the molecule is C#CCCC[C@](CO)(CCC=C(C(C)C)C(C)C)COC(=O)c1ccco1. The molecule has 0 spiro atoms. The maximum Gasteiger partial charge on any atom is 0.374 e. The highest BCUT2D eigenvalue weighted by Crippen LogP contribution is 2.32. The number of esters is 1. The molecule has 0 bridgehead atoms. The van der Waals surface area contributed by atoms with Crippen LogP contribution in [0.2, 0.25) is 0 Å². The number of ether oxygens (including phenoxy) is 1. The van der Waals surface area contributed by atoms with E-state index in [0.717, 1.165) is 19.3 Å². The lowest BCUT2D eigenvalue weighted by Crippen LogP contribution is -2.32. The van der Waals surface area contributed by atoms with Crippen LogP contribution in [0.3, 0.4) is 0 Å².